The summed E-state index contributed by atoms with van der Waals surface area (Å²) in [6, 6.07) is 14.5. The Morgan fingerprint density at radius 2 is 1.81 bits per heavy atom. The summed E-state index contributed by atoms with van der Waals surface area (Å²) >= 11 is 7.75. The molecule has 0 amide bonds. The maximum absolute atomic E-state index is 13.4. The van der Waals surface area contributed by atoms with Gasteiger partial charge in [0.25, 0.3) is 5.56 Å². The van der Waals surface area contributed by atoms with Crippen LogP contribution in [0.15, 0.2) is 58.1 Å². The molecule has 0 aliphatic carbocycles. The van der Waals surface area contributed by atoms with Gasteiger partial charge in [0.2, 0.25) is 5.43 Å². The van der Waals surface area contributed by atoms with Gasteiger partial charge in [0.05, 0.1) is 5.02 Å². The molecule has 0 aliphatic rings. The Hall–Kier alpha value is -2.50. The minimum absolute atomic E-state index is 0.114. The third-order valence-corrected chi connectivity index (χ3v) is 6.19. The molecule has 136 valence electrons. The maximum Gasteiger partial charge on any atom is 0.266 e. The summed E-state index contributed by atoms with van der Waals surface area (Å²) in [7, 11) is 0. The summed E-state index contributed by atoms with van der Waals surface area (Å²) in [6.07, 6.45) is 0.732. The SMILES string of the molecule is CC[C@@H](C)n1c(-c2ccccc2Cl)nc2sc3ccccc3c(=O)c2c1=O. The van der Waals surface area contributed by atoms with Crippen LogP contribution in [-0.2, 0) is 0 Å². The second-order valence-corrected chi connectivity index (χ2v) is 7.89. The number of benzene rings is 2. The van der Waals surface area contributed by atoms with Crippen LogP contribution in [0.4, 0.5) is 0 Å². The molecular weight excluding hydrogens is 380 g/mol. The first kappa shape index (κ1) is 17.9. The lowest BCUT2D eigenvalue weighted by atomic mass is 10.1. The van der Waals surface area contributed by atoms with Gasteiger partial charge in [0.1, 0.15) is 16.0 Å². The quantitative estimate of drug-likeness (QED) is 0.443. The Balaban J connectivity index is 2.21. The molecule has 4 nitrogen and oxygen atoms in total. The molecule has 0 fully saturated rings. The second kappa shape index (κ2) is 6.91. The van der Waals surface area contributed by atoms with Crippen LogP contribution in [-0.4, -0.2) is 9.55 Å². The van der Waals surface area contributed by atoms with Crippen molar-refractivity contribution in [2.45, 2.75) is 26.3 Å². The monoisotopic (exact) mass is 396 g/mol. The minimum atomic E-state index is -0.309. The van der Waals surface area contributed by atoms with Gasteiger partial charge in [-0.1, -0.05) is 42.8 Å². The molecule has 0 N–H and O–H groups in total. The van der Waals surface area contributed by atoms with Gasteiger partial charge < -0.3 is 0 Å². The highest BCUT2D eigenvalue weighted by Crippen LogP contribution is 2.30. The number of aromatic nitrogens is 2. The summed E-state index contributed by atoms with van der Waals surface area (Å²) < 4.78 is 2.42. The first-order valence-electron chi connectivity index (χ1n) is 8.76. The van der Waals surface area contributed by atoms with Gasteiger partial charge in [0.15, 0.2) is 0 Å². The predicted molar refractivity (Wildman–Crippen MR) is 113 cm³/mol. The van der Waals surface area contributed by atoms with Crippen LogP contribution >= 0.6 is 22.9 Å². The van der Waals surface area contributed by atoms with Gasteiger partial charge in [-0.05, 0) is 37.6 Å². The van der Waals surface area contributed by atoms with E-state index in [1.54, 1.807) is 22.8 Å². The molecule has 2 heterocycles. The van der Waals surface area contributed by atoms with Crippen molar-refractivity contribution in [3.63, 3.8) is 0 Å². The van der Waals surface area contributed by atoms with Crippen LogP contribution < -0.4 is 11.0 Å². The van der Waals surface area contributed by atoms with E-state index >= 15 is 0 Å². The van der Waals surface area contributed by atoms with E-state index in [2.05, 4.69) is 0 Å². The largest absolute Gasteiger partial charge is 0.289 e. The van der Waals surface area contributed by atoms with Crippen molar-refractivity contribution < 1.29 is 0 Å². The van der Waals surface area contributed by atoms with Crippen molar-refractivity contribution in [2.75, 3.05) is 0 Å². The average molecular weight is 397 g/mol. The van der Waals surface area contributed by atoms with Crippen LogP contribution in [0.25, 0.3) is 31.7 Å². The first-order valence-corrected chi connectivity index (χ1v) is 9.95. The molecule has 0 unspecified atom stereocenters. The molecule has 2 aromatic carbocycles. The molecule has 4 aromatic rings. The van der Waals surface area contributed by atoms with E-state index in [4.69, 9.17) is 16.6 Å². The van der Waals surface area contributed by atoms with E-state index < -0.39 is 0 Å². The molecule has 0 aliphatic heterocycles. The summed E-state index contributed by atoms with van der Waals surface area (Å²) in [5.41, 5.74) is 0.113. The molecule has 0 spiro atoms. The smallest absolute Gasteiger partial charge is 0.266 e. The van der Waals surface area contributed by atoms with Crippen molar-refractivity contribution in [2.24, 2.45) is 0 Å². The van der Waals surface area contributed by atoms with Crippen LogP contribution in [0.1, 0.15) is 26.3 Å². The van der Waals surface area contributed by atoms with E-state index in [9.17, 15) is 9.59 Å². The minimum Gasteiger partial charge on any atom is -0.289 e. The third-order valence-electron chi connectivity index (χ3n) is 4.79. The summed E-state index contributed by atoms with van der Waals surface area (Å²) in [4.78, 5) is 31.6. The second-order valence-electron chi connectivity index (χ2n) is 6.46. The zero-order chi connectivity index (χ0) is 19.1. The summed E-state index contributed by atoms with van der Waals surface area (Å²) in [5, 5.41) is 1.22. The maximum atomic E-state index is 13.4. The lowest BCUT2D eigenvalue weighted by Gasteiger charge is -2.19. The van der Waals surface area contributed by atoms with Gasteiger partial charge in [0, 0.05) is 21.7 Å². The van der Waals surface area contributed by atoms with E-state index in [1.165, 1.54) is 11.3 Å². The van der Waals surface area contributed by atoms with Crippen molar-refractivity contribution in [1.29, 1.82) is 0 Å². The number of rotatable bonds is 3. The molecule has 4 rings (SSSR count). The van der Waals surface area contributed by atoms with Crippen LogP contribution in [0, 0.1) is 0 Å². The Morgan fingerprint density at radius 3 is 2.56 bits per heavy atom. The van der Waals surface area contributed by atoms with Gasteiger partial charge in [-0.25, -0.2) is 4.98 Å². The fraction of sp³-hybridized carbons (Fsp3) is 0.190. The molecule has 0 saturated carbocycles. The molecule has 0 saturated heterocycles. The highest BCUT2D eigenvalue weighted by molar-refractivity contribution is 7.24. The number of nitrogens with zero attached hydrogens (tertiary/aromatic N) is 2. The zero-order valence-corrected chi connectivity index (χ0v) is 16.5. The third kappa shape index (κ3) is 2.87. The standard InChI is InChI=1S/C21H17ClN2O2S/c1-3-12(2)24-19(13-8-4-6-10-15(13)22)23-20-17(21(24)26)18(25)14-9-5-7-11-16(14)27-20/h4-12H,3H2,1-2H3/t12-/m1/s1. The molecule has 6 heteroatoms. The van der Waals surface area contributed by atoms with E-state index in [-0.39, 0.29) is 22.4 Å². The molecule has 1 atom stereocenters. The average Bonchev–Trinajstić information content (AvgIpc) is 2.67. The molecule has 27 heavy (non-hydrogen) atoms. The highest BCUT2D eigenvalue weighted by atomic mass is 35.5. The fourth-order valence-corrected chi connectivity index (χ4v) is 4.45. The van der Waals surface area contributed by atoms with Gasteiger partial charge in [-0.2, -0.15) is 0 Å². The lowest BCUT2D eigenvalue weighted by Crippen LogP contribution is -2.29. The summed E-state index contributed by atoms with van der Waals surface area (Å²) in [5.74, 6) is 0.499. The fourth-order valence-electron chi connectivity index (χ4n) is 3.19. The Labute approximate surface area is 164 Å². The molecule has 0 radical (unpaired) electrons. The van der Waals surface area contributed by atoms with Gasteiger partial charge in [-0.15, -0.1) is 11.3 Å². The van der Waals surface area contributed by atoms with Gasteiger partial charge in [-0.3, -0.25) is 14.2 Å². The zero-order valence-electron chi connectivity index (χ0n) is 14.9. The van der Waals surface area contributed by atoms with Crippen LogP contribution in [0.3, 0.4) is 0 Å². The number of fused-ring (bicyclic) bond motifs is 2. The lowest BCUT2D eigenvalue weighted by molar-refractivity contribution is 0.517. The number of halogens is 1. The summed E-state index contributed by atoms with van der Waals surface area (Å²) in [6.45, 7) is 3.95. The van der Waals surface area contributed by atoms with Gasteiger partial charge >= 0.3 is 0 Å². The van der Waals surface area contributed by atoms with Crippen molar-refractivity contribution in [3.05, 3.63) is 74.1 Å². The number of hydrogen-bond acceptors (Lipinski definition) is 4. The number of hydrogen-bond donors (Lipinski definition) is 0. The van der Waals surface area contributed by atoms with E-state index in [1.807, 2.05) is 44.2 Å². The van der Waals surface area contributed by atoms with E-state index in [0.29, 0.717) is 26.6 Å². The van der Waals surface area contributed by atoms with Crippen molar-refractivity contribution in [3.8, 4) is 11.4 Å². The van der Waals surface area contributed by atoms with Crippen LogP contribution in [0.2, 0.25) is 5.02 Å². The normalized spacial score (nSPS) is 12.6. The van der Waals surface area contributed by atoms with E-state index in [0.717, 1.165) is 11.1 Å². The Morgan fingerprint density at radius 1 is 1.11 bits per heavy atom. The Kier molecular flexibility index (Phi) is 4.58. The molecular formula is C21H17ClN2O2S. The molecule has 2 aromatic heterocycles. The first-order chi connectivity index (χ1) is 13.0. The topological polar surface area (TPSA) is 52.0 Å². The van der Waals surface area contributed by atoms with Crippen molar-refractivity contribution >= 4 is 43.2 Å². The highest BCUT2D eigenvalue weighted by Gasteiger charge is 2.21. The molecule has 0 bridgehead atoms. The Bertz CT molecular complexity index is 1290. The van der Waals surface area contributed by atoms with Crippen molar-refractivity contribution in [1.82, 2.24) is 9.55 Å². The van der Waals surface area contributed by atoms with Crippen LogP contribution in [0.5, 0.6) is 0 Å². The predicted octanol–water partition coefficient (Wildman–Crippen LogP) is 5.26.